The molecule has 5 rings (SSSR count). The third-order valence-corrected chi connectivity index (χ3v) is 7.01. The first-order chi connectivity index (χ1) is 8.92. The number of halogens is 1. The highest BCUT2D eigenvalue weighted by molar-refractivity contribution is 6.36. The summed E-state index contributed by atoms with van der Waals surface area (Å²) < 4.78 is 10.7. The minimum atomic E-state index is -1.23. The Bertz CT molecular complexity index is 413. The molecule has 2 atom stereocenters. The number of ether oxygens (including phenoxy) is 2. The summed E-state index contributed by atoms with van der Waals surface area (Å²) in [4.78, 5) is 11.9. The smallest absolute Gasteiger partial charge is 0.357 e. The molecule has 0 radical (unpaired) electrons. The van der Waals surface area contributed by atoms with Gasteiger partial charge in [-0.05, 0) is 63.2 Å². The molecule has 5 aliphatic rings. The number of carbonyl (C=O) groups excluding carboxylic acids is 1. The molecule has 4 bridgehead atoms. The van der Waals surface area contributed by atoms with Gasteiger partial charge in [-0.25, -0.2) is 4.79 Å². The zero-order valence-corrected chi connectivity index (χ0v) is 12.3. The van der Waals surface area contributed by atoms with Gasteiger partial charge in [0.1, 0.15) is 5.60 Å². The van der Waals surface area contributed by atoms with Crippen molar-refractivity contribution in [3.63, 3.8) is 0 Å². The van der Waals surface area contributed by atoms with Crippen LogP contribution >= 0.6 is 11.6 Å². The predicted octanol–water partition coefficient (Wildman–Crippen LogP) is 3.10. The summed E-state index contributed by atoms with van der Waals surface area (Å²) in [5, 5.41) is -1.23. The Morgan fingerprint density at radius 1 is 1.16 bits per heavy atom. The number of alkyl halides is 1. The minimum absolute atomic E-state index is 0.109. The summed E-state index contributed by atoms with van der Waals surface area (Å²) in [5.74, 6) is 2.05. The standard InChI is InChI=1S/C15H21ClO3/c1-13(15(16,19-13)12(17)18-2)14-6-9-3-10(7-14)5-11(4-9)8-14/h9-11H,3-8H2,1-2H3. The van der Waals surface area contributed by atoms with Crippen LogP contribution in [0.3, 0.4) is 0 Å². The van der Waals surface area contributed by atoms with Gasteiger partial charge in [0.2, 0.25) is 0 Å². The van der Waals surface area contributed by atoms with Crippen molar-refractivity contribution in [2.24, 2.45) is 23.2 Å². The summed E-state index contributed by atoms with van der Waals surface area (Å²) in [6, 6.07) is 0. The van der Waals surface area contributed by atoms with Crippen molar-refractivity contribution in [1.82, 2.24) is 0 Å². The van der Waals surface area contributed by atoms with Gasteiger partial charge in [0.05, 0.1) is 7.11 Å². The molecular weight excluding hydrogens is 264 g/mol. The molecule has 3 nitrogen and oxygen atoms in total. The van der Waals surface area contributed by atoms with Crippen LogP contribution in [0.25, 0.3) is 0 Å². The highest BCUT2D eigenvalue weighted by Gasteiger charge is 2.81. The number of methoxy groups -OCH3 is 1. The summed E-state index contributed by atoms with van der Waals surface area (Å²) in [6.45, 7) is 2.03. The fourth-order valence-corrected chi connectivity index (χ4v) is 6.20. The molecule has 106 valence electrons. The zero-order valence-electron chi connectivity index (χ0n) is 11.6. The van der Waals surface area contributed by atoms with Crippen molar-refractivity contribution in [1.29, 1.82) is 0 Å². The lowest BCUT2D eigenvalue weighted by Crippen LogP contribution is -2.54. The highest BCUT2D eigenvalue weighted by atomic mass is 35.5. The van der Waals surface area contributed by atoms with Crippen molar-refractivity contribution >= 4 is 17.6 Å². The normalized spacial score (nSPS) is 58.2. The second-order valence-electron chi connectivity index (χ2n) is 7.42. The number of hydrogen-bond acceptors (Lipinski definition) is 3. The molecular formula is C15H21ClO3. The molecule has 4 heteroatoms. The molecule has 0 N–H and O–H groups in total. The summed E-state index contributed by atoms with van der Waals surface area (Å²) in [6.07, 6.45) is 7.68. The van der Waals surface area contributed by atoms with Crippen molar-refractivity contribution in [2.75, 3.05) is 7.11 Å². The van der Waals surface area contributed by atoms with E-state index in [0.29, 0.717) is 0 Å². The fraction of sp³-hybridized carbons (Fsp3) is 0.933. The number of rotatable bonds is 2. The monoisotopic (exact) mass is 284 g/mol. The van der Waals surface area contributed by atoms with Crippen LogP contribution in [0.4, 0.5) is 0 Å². The van der Waals surface area contributed by atoms with Gasteiger partial charge in [0.15, 0.2) is 0 Å². The average molecular weight is 285 g/mol. The van der Waals surface area contributed by atoms with Gasteiger partial charge in [-0.1, -0.05) is 11.6 Å². The Labute approximate surface area is 119 Å². The highest BCUT2D eigenvalue weighted by Crippen LogP contribution is 2.72. The van der Waals surface area contributed by atoms with E-state index in [9.17, 15) is 4.79 Å². The molecule has 2 unspecified atom stereocenters. The Morgan fingerprint density at radius 2 is 1.63 bits per heavy atom. The Hall–Kier alpha value is -0.280. The first-order valence-corrected chi connectivity index (χ1v) is 7.78. The van der Waals surface area contributed by atoms with Crippen LogP contribution in [0.5, 0.6) is 0 Å². The zero-order chi connectivity index (χ0) is 13.5. The predicted molar refractivity (Wildman–Crippen MR) is 70.7 cm³/mol. The molecule has 4 aliphatic carbocycles. The Balaban J connectivity index is 1.68. The van der Waals surface area contributed by atoms with Crippen LogP contribution in [-0.2, 0) is 14.3 Å². The lowest BCUT2D eigenvalue weighted by molar-refractivity contribution is -0.144. The summed E-state index contributed by atoms with van der Waals surface area (Å²) in [7, 11) is 1.38. The molecule has 1 saturated heterocycles. The SMILES string of the molecule is COC(=O)C1(Cl)OC1(C)C12CC3CC(CC(C3)C1)C2. The molecule has 5 fully saturated rings. The van der Waals surface area contributed by atoms with Crippen LogP contribution in [0.1, 0.15) is 45.4 Å². The van der Waals surface area contributed by atoms with E-state index in [2.05, 4.69) is 0 Å². The van der Waals surface area contributed by atoms with Crippen LogP contribution < -0.4 is 0 Å². The van der Waals surface area contributed by atoms with Crippen LogP contribution in [0, 0.1) is 23.2 Å². The first-order valence-electron chi connectivity index (χ1n) is 7.40. The number of hydrogen-bond donors (Lipinski definition) is 0. The van der Waals surface area contributed by atoms with Gasteiger partial charge in [-0.2, -0.15) is 0 Å². The minimum Gasteiger partial charge on any atom is -0.466 e. The van der Waals surface area contributed by atoms with E-state index in [1.54, 1.807) is 0 Å². The fourth-order valence-electron chi connectivity index (χ4n) is 5.77. The topological polar surface area (TPSA) is 38.8 Å². The molecule has 0 amide bonds. The van der Waals surface area contributed by atoms with Gasteiger partial charge in [0, 0.05) is 5.41 Å². The first kappa shape index (κ1) is 12.5. The maximum Gasteiger partial charge on any atom is 0.357 e. The molecule has 0 aromatic rings. The number of carbonyl (C=O) groups is 1. The van der Waals surface area contributed by atoms with Gasteiger partial charge < -0.3 is 9.47 Å². The largest absolute Gasteiger partial charge is 0.466 e. The van der Waals surface area contributed by atoms with Gasteiger partial charge in [-0.3, -0.25) is 0 Å². The van der Waals surface area contributed by atoms with E-state index in [0.717, 1.165) is 17.8 Å². The lowest BCUT2D eigenvalue weighted by Gasteiger charge is -2.58. The second kappa shape index (κ2) is 3.48. The molecule has 0 aromatic carbocycles. The second-order valence-corrected chi connectivity index (χ2v) is 7.95. The van der Waals surface area contributed by atoms with Crippen molar-refractivity contribution < 1.29 is 14.3 Å². The van der Waals surface area contributed by atoms with Gasteiger partial charge >= 0.3 is 5.97 Å². The lowest BCUT2D eigenvalue weighted by atomic mass is 9.46. The summed E-state index contributed by atoms with van der Waals surface area (Å²) in [5.41, 5.74) is -0.414. The molecule has 1 aliphatic heterocycles. The average Bonchev–Trinajstić information content (AvgIpc) is 2.93. The van der Waals surface area contributed by atoms with Crippen LogP contribution in [0.15, 0.2) is 0 Å². The Kier molecular flexibility index (Phi) is 2.28. The van der Waals surface area contributed by atoms with Gasteiger partial charge in [0.25, 0.3) is 5.06 Å². The molecule has 19 heavy (non-hydrogen) atoms. The third kappa shape index (κ3) is 1.36. The molecule has 0 aromatic heterocycles. The van der Waals surface area contributed by atoms with E-state index in [-0.39, 0.29) is 5.41 Å². The van der Waals surface area contributed by atoms with E-state index >= 15 is 0 Å². The van der Waals surface area contributed by atoms with Gasteiger partial charge in [-0.15, -0.1) is 0 Å². The van der Waals surface area contributed by atoms with E-state index in [1.807, 2.05) is 6.92 Å². The van der Waals surface area contributed by atoms with Crippen LogP contribution in [0.2, 0.25) is 0 Å². The van der Waals surface area contributed by atoms with Crippen molar-refractivity contribution in [2.45, 2.75) is 56.1 Å². The molecule has 0 spiro atoms. The van der Waals surface area contributed by atoms with E-state index in [1.165, 1.54) is 45.6 Å². The Morgan fingerprint density at radius 3 is 2.05 bits per heavy atom. The molecule has 1 heterocycles. The summed E-state index contributed by atoms with van der Waals surface area (Å²) >= 11 is 6.44. The van der Waals surface area contributed by atoms with Crippen molar-refractivity contribution in [3.05, 3.63) is 0 Å². The van der Waals surface area contributed by atoms with Crippen LogP contribution in [-0.4, -0.2) is 23.7 Å². The quantitative estimate of drug-likeness (QED) is 0.444. The maximum absolute atomic E-state index is 11.9. The third-order valence-electron chi connectivity index (χ3n) is 6.41. The van der Waals surface area contributed by atoms with E-state index < -0.39 is 16.6 Å². The van der Waals surface area contributed by atoms with Crippen molar-refractivity contribution in [3.8, 4) is 0 Å². The molecule has 4 saturated carbocycles. The maximum atomic E-state index is 11.9. The van der Waals surface area contributed by atoms with E-state index in [4.69, 9.17) is 21.1 Å². The number of epoxide rings is 1. The number of esters is 1.